The molecule has 1 heterocycles. The summed E-state index contributed by atoms with van der Waals surface area (Å²) in [5.41, 5.74) is 6.31. The summed E-state index contributed by atoms with van der Waals surface area (Å²) in [6, 6.07) is 0. The average molecular weight is 235 g/mol. The van der Waals surface area contributed by atoms with Crippen LogP contribution < -0.4 is 5.73 Å². The number of aromatic nitrogens is 2. The number of hydrogen-bond acceptors (Lipinski definition) is 4. The molecule has 0 spiro atoms. The Morgan fingerprint density at radius 2 is 2.29 bits per heavy atom. The van der Waals surface area contributed by atoms with Crippen LogP contribution in [0.4, 0.5) is 0 Å². The maximum Gasteiger partial charge on any atom is 0.376 e. The topological polar surface area (TPSA) is 98.2 Å². The highest BCUT2D eigenvalue weighted by Gasteiger charge is 2.22. The van der Waals surface area contributed by atoms with E-state index in [4.69, 9.17) is 10.8 Å². The third kappa shape index (κ3) is 2.93. The minimum Gasteiger partial charge on any atom is -0.475 e. The summed E-state index contributed by atoms with van der Waals surface area (Å²) in [5, 5.41) is 12.5. The highest BCUT2D eigenvalue weighted by atomic mass is 16.4. The first-order valence-corrected chi connectivity index (χ1v) is 5.33. The standard InChI is InChI=1S/C11H13N3O3/c12-9(3-10(15)11(16)17)8-4-13-14(6-8)5-7-1-2-7/h3-4,6-7H,1-2,5,12H2,(H,16,17)/b9-3-. The minimum atomic E-state index is -1.52. The van der Waals surface area contributed by atoms with Gasteiger partial charge in [-0.15, -0.1) is 0 Å². The molecule has 0 unspecified atom stereocenters. The lowest BCUT2D eigenvalue weighted by Gasteiger charge is -1.97. The maximum atomic E-state index is 10.9. The van der Waals surface area contributed by atoms with Crippen molar-refractivity contribution in [3.8, 4) is 0 Å². The van der Waals surface area contributed by atoms with E-state index in [1.807, 2.05) is 0 Å². The smallest absolute Gasteiger partial charge is 0.376 e. The molecule has 0 radical (unpaired) electrons. The van der Waals surface area contributed by atoms with E-state index >= 15 is 0 Å². The number of carboxylic acids is 1. The fourth-order valence-electron chi connectivity index (χ4n) is 1.46. The highest BCUT2D eigenvalue weighted by Crippen LogP contribution is 2.30. The van der Waals surface area contributed by atoms with Crippen LogP contribution in [-0.4, -0.2) is 26.6 Å². The van der Waals surface area contributed by atoms with E-state index in [1.54, 1.807) is 10.9 Å². The van der Waals surface area contributed by atoms with Crippen LogP contribution in [-0.2, 0) is 16.1 Å². The molecule has 3 N–H and O–H groups in total. The first kappa shape index (κ1) is 11.4. The Morgan fingerprint density at radius 1 is 1.59 bits per heavy atom. The molecule has 1 saturated carbocycles. The fourth-order valence-corrected chi connectivity index (χ4v) is 1.46. The summed E-state index contributed by atoms with van der Waals surface area (Å²) in [4.78, 5) is 21.3. The van der Waals surface area contributed by atoms with Gasteiger partial charge in [0.2, 0.25) is 0 Å². The van der Waals surface area contributed by atoms with Gasteiger partial charge in [-0.3, -0.25) is 9.48 Å². The predicted octanol–water partition coefficient (Wildman–Crippen LogP) is 0.246. The van der Waals surface area contributed by atoms with Crippen LogP contribution in [0.1, 0.15) is 18.4 Å². The lowest BCUT2D eigenvalue weighted by molar-refractivity contribution is -0.146. The van der Waals surface area contributed by atoms with Crippen molar-refractivity contribution in [1.29, 1.82) is 0 Å². The molecule has 2 rings (SSSR count). The molecule has 90 valence electrons. The van der Waals surface area contributed by atoms with Crippen LogP contribution >= 0.6 is 0 Å². The van der Waals surface area contributed by atoms with Crippen LogP contribution in [0.3, 0.4) is 0 Å². The molecule has 1 aromatic heterocycles. The Hall–Kier alpha value is -2.11. The third-order valence-corrected chi connectivity index (χ3v) is 2.61. The highest BCUT2D eigenvalue weighted by molar-refractivity contribution is 6.38. The number of aliphatic carboxylic acids is 1. The second kappa shape index (κ2) is 4.40. The van der Waals surface area contributed by atoms with Gasteiger partial charge in [0.1, 0.15) is 0 Å². The molecule has 0 bridgehead atoms. The fraction of sp³-hybridized carbons (Fsp3) is 0.364. The van der Waals surface area contributed by atoms with Gasteiger partial charge in [0.25, 0.3) is 5.78 Å². The van der Waals surface area contributed by atoms with E-state index in [-0.39, 0.29) is 5.70 Å². The second-order valence-electron chi connectivity index (χ2n) is 4.16. The molecule has 1 aromatic rings. The number of nitrogens with zero attached hydrogens (tertiary/aromatic N) is 2. The molecule has 6 heteroatoms. The quantitative estimate of drug-likeness (QED) is 0.563. The molecule has 0 aromatic carbocycles. The Bertz CT molecular complexity index is 486. The van der Waals surface area contributed by atoms with Gasteiger partial charge in [-0.25, -0.2) is 4.79 Å². The predicted molar refractivity (Wildman–Crippen MR) is 59.8 cm³/mol. The number of carbonyl (C=O) groups excluding carboxylic acids is 1. The van der Waals surface area contributed by atoms with Gasteiger partial charge >= 0.3 is 5.97 Å². The first-order chi connectivity index (χ1) is 8.06. The molecule has 17 heavy (non-hydrogen) atoms. The van der Waals surface area contributed by atoms with Crippen molar-refractivity contribution in [2.75, 3.05) is 0 Å². The number of ketones is 1. The monoisotopic (exact) mass is 235 g/mol. The van der Waals surface area contributed by atoms with Gasteiger partial charge in [-0.05, 0) is 18.8 Å². The Kier molecular flexibility index (Phi) is 2.95. The molecule has 0 amide bonds. The molecule has 1 aliphatic carbocycles. The lowest BCUT2D eigenvalue weighted by Crippen LogP contribution is -2.11. The largest absolute Gasteiger partial charge is 0.475 e. The van der Waals surface area contributed by atoms with Crippen molar-refractivity contribution in [3.63, 3.8) is 0 Å². The van der Waals surface area contributed by atoms with Crippen molar-refractivity contribution in [2.24, 2.45) is 11.7 Å². The summed E-state index contributed by atoms with van der Waals surface area (Å²) in [6.07, 6.45) is 6.60. The molecule has 6 nitrogen and oxygen atoms in total. The summed E-state index contributed by atoms with van der Waals surface area (Å²) < 4.78 is 1.76. The minimum absolute atomic E-state index is 0.124. The molecule has 1 aliphatic rings. The van der Waals surface area contributed by atoms with Gasteiger partial charge in [-0.2, -0.15) is 5.10 Å². The zero-order chi connectivity index (χ0) is 12.4. The van der Waals surface area contributed by atoms with Crippen molar-refractivity contribution in [1.82, 2.24) is 9.78 Å². The normalized spacial score (nSPS) is 15.9. The summed E-state index contributed by atoms with van der Waals surface area (Å²) in [5.74, 6) is -1.86. The van der Waals surface area contributed by atoms with Crippen molar-refractivity contribution in [3.05, 3.63) is 24.0 Å². The number of hydrogen-bond donors (Lipinski definition) is 2. The van der Waals surface area contributed by atoms with Gasteiger partial charge < -0.3 is 10.8 Å². The van der Waals surface area contributed by atoms with Crippen molar-refractivity contribution in [2.45, 2.75) is 19.4 Å². The van der Waals surface area contributed by atoms with Crippen LogP contribution in [0.5, 0.6) is 0 Å². The number of nitrogens with two attached hydrogens (primary N) is 1. The molecular formula is C11H13N3O3. The van der Waals surface area contributed by atoms with E-state index in [1.165, 1.54) is 19.0 Å². The Labute approximate surface area is 97.7 Å². The van der Waals surface area contributed by atoms with E-state index < -0.39 is 11.8 Å². The van der Waals surface area contributed by atoms with Gasteiger partial charge in [0.15, 0.2) is 0 Å². The average Bonchev–Trinajstić information content (AvgIpc) is 2.94. The van der Waals surface area contributed by atoms with Crippen LogP contribution in [0.2, 0.25) is 0 Å². The molecule has 0 saturated heterocycles. The van der Waals surface area contributed by atoms with E-state index in [2.05, 4.69) is 5.10 Å². The van der Waals surface area contributed by atoms with E-state index in [0.29, 0.717) is 11.5 Å². The molecule has 1 fully saturated rings. The molecule has 0 aliphatic heterocycles. The van der Waals surface area contributed by atoms with Crippen molar-refractivity contribution >= 4 is 17.4 Å². The molecular weight excluding hydrogens is 222 g/mol. The van der Waals surface area contributed by atoms with E-state index in [9.17, 15) is 9.59 Å². The number of carbonyl (C=O) groups is 2. The van der Waals surface area contributed by atoms with Gasteiger partial charge in [-0.1, -0.05) is 0 Å². The summed E-state index contributed by atoms with van der Waals surface area (Å²) in [6.45, 7) is 0.847. The van der Waals surface area contributed by atoms with Gasteiger partial charge in [0.05, 0.1) is 6.20 Å². The zero-order valence-corrected chi connectivity index (χ0v) is 9.17. The zero-order valence-electron chi connectivity index (χ0n) is 9.17. The Balaban J connectivity index is 2.07. The maximum absolute atomic E-state index is 10.9. The van der Waals surface area contributed by atoms with Gasteiger partial charge in [0, 0.05) is 30.1 Å². The third-order valence-electron chi connectivity index (χ3n) is 2.61. The lowest BCUT2D eigenvalue weighted by atomic mass is 10.2. The summed E-state index contributed by atoms with van der Waals surface area (Å²) in [7, 11) is 0. The SMILES string of the molecule is N/C(=C\C(=O)C(=O)O)c1cnn(CC2CC2)c1. The second-order valence-corrected chi connectivity index (χ2v) is 4.16. The summed E-state index contributed by atoms with van der Waals surface area (Å²) >= 11 is 0. The van der Waals surface area contributed by atoms with E-state index in [0.717, 1.165) is 12.6 Å². The number of rotatable bonds is 5. The van der Waals surface area contributed by atoms with Crippen LogP contribution in [0.25, 0.3) is 5.70 Å². The molecule has 0 atom stereocenters. The van der Waals surface area contributed by atoms with Crippen molar-refractivity contribution < 1.29 is 14.7 Å². The number of carboxylic acid groups (broad SMARTS) is 1. The first-order valence-electron chi connectivity index (χ1n) is 5.33. The van der Waals surface area contributed by atoms with Crippen LogP contribution in [0, 0.1) is 5.92 Å². The Morgan fingerprint density at radius 3 is 2.88 bits per heavy atom. The van der Waals surface area contributed by atoms with Crippen LogP contribution in [0.15, 0.2) is 18.5 Å².